The minimum absolute atomic E-state index is 0.0155. The summed E-state index contributed by atoms with van der Waals surface area (Å²) in [5.41, 5.74) is 5.41. The van der Waals surface area contributed by atoms with Gasteiger partial charge >= 0.3 is 0 Å². The molecule has 8 heteroatoms. The molecule has 110 valence electrons. The molecule has 20 heavy (non-hydrogen) atoms. The van der Waals surface area contributed by atoms with Crippen LogP contribution in [0, 0.1) is 11.6 Å². The van der Waals surface area contributed by atoms with Crippen LogP contribution in [0.4, 0.5) is 14.5 Å². The second-order valence-corrected chi connectivity index (χ2v) is 7.32. The Hall–Kier alpha value is -1.70. The van der Waals surface area contributed by atoms with E-state index in [1.165, 1.54) is 0 Å². The highest BCUT2D eigenvalue weighted by atomic mass is 32.2. The van der Waals surface area contributed by atoms with E-state index >= 15 is 0 Å². The SMILES string of the molecule is CS(=O)(=O)C1(CN=C(N)Nc2cc(F)ccc2F)CC1. The lowest BCUT2D eigenvalue weighted by molar-refractivity contribution is 0.583. The fourth-order valence-corrected chi connectivity index (χ4v) is 2.93. The third kappa shape index (κ3) is 3.06. The number of hydrogen-bond acceptors (Lipinski definition) is 3. The molecule has 0 saturated heterocycles. The van der Waals surface area contributed by atoms with E-state index in [1.807, 2.05) is 0 Å². The van der Waals surface area contributed by atoms with Crippen molar-refractivity contribution in [3.63, 3.8) is 0 Å². The molecule has 1 aromatic carbocycles. The number of nitrogens with one attached hydrogen (secondary N) is 1. The molecule has 1 fully saturated rings. The van der Waals surface area contributed by atoms with Crippen molar-refractivity contribution in [1.82, 2.24) is 0 Å². The minimum Gasteiger partial charge on any atom is -0.370 e. The van der Waals surface area contributed by atoms with Crippen LogP contribution >= 0.6 is 0 Å². The predicted octanol–water partition coefficient (Wildman–Crippen LogP) is 1.27. The van der Waals surface area contributed by atoms with Crippen molar-refractivity contribution in [2.24, 2.45) is 10.7 Å². The first-order chi connectivity index (χ1) is 9.23. The van der Waals surface area contributed by atoms with E-state index in [2.05, 4.69) is 10.3 Å². The largest absolute Gasteiger partial charge is 0.370 e. The van der Waals surface area contributed by atoms with Crippen LogP contribution in [0.25, 0.3) is 0 Å². The van der Waals surface area contributed by atoms with E-state index in [9.17, 15) is 17.2 Å². The molecular formula is C12H15F2N3O2S. The number of aliphatic imine (C=N–C) groups is 1. The Morgan fingerprint density at radius 3 is 2.65 bits per heavy atom. The Morgan fingerprint density at radius 2 is 2.10 bits per heavy atom. The zero-order chi connectivity index (χ0) is 15.0. The average molecular weight is 303 g/mol. The van der Waals surface area contributed by atoms with E-state index < -0.39 is 26.2 Å². The quantitative estimate of drug-likeness (QED) is 0.648. The Bertz CT molecular complexity index is 655. The van der Waals surface area contributed by atoms with E-state index in [4.69, 9.17) is 5.73 Å². The molecule has 5 nitrogen and oxygen atoms in total. The van der Waals surface area contributed by atoms with Crippen molar-refractivity contribution < 1.29 is 17.2 Å². The molecule has 1 aromatic rings. The van der Waals surface area contributed by atoms with E-state index in [1.54, 1.807) is 0 Å². The summed E-state index contributed by atoms with van der Waals surface area (Å²) in [5, 5.41) is 2.42. The summed E-state index contributed by atoms with van der Waals surface area (Å²) < 4.78 is 48.6. The summed E-state index contributed by atoms with van der Waals surface area (Å²) in [4.78, 5) is 3.91. The molecule has 1 aliphatic rings. The number of hydrogen-bond donors (Lipinski definition) is 2. The Labute approximate surface area is 115 Å². The maximum atomic E-state index is 13.4. The van der Waals surface area contributed by atoms with Gasteiger partial charge in [0.05, 0.1) is 17.0 Å². The second-order valence-electron chi connectivity index (χ2n) is 4.91. The van der Waals surface area contributed by atoms with Gasteiger partial charge < -0.3 is 11.1 Å². The Morgan fingerprint density at radius 1 is 1.45 bits per heavy atom. The highest BCUT2D eigenvalue weighted by Gasteiger charge is 2.51. The molecule has 0 aromatic heterocycles. The Kier molecular flexibility index (Phi) is 3.68. The van der Waals surface area contributed by atoms with Gasteiger partial charge in [-0.2, -0.15) is 0 Å². The van der Waals surface area contributed by atoms with E-state index in [-0.39, 0.29) is 18.2 Å². The first-order valence-corrected chi connectivity index (χ1v) is 7.84. The molecule has 2 rings (SSSR count). The fraction of sp³-hybridized carbons (Fsp3) is 0.417. The van der Waals surface area contributed by atoms with Crippen molar-refractivity contribution in [3.8, 4) is 0 Å². The summed E-state index contributed by atoms with van der Waals surface area (Å²) in [5.74, 6) is -1.44. The van der Waals surface area contributed by atoms with Gasteiger partial charge in [-0.25, -0.2) is 17.2 Å². The number of sulfone groups is 1. The van der Waals surface area contributed by atoms with Crippen molar-refractivity contribution >= 4 is 21.5 Å². The van der Waals surface area contributed by atoms with Gasteiger partial charge in [-0.15, -0.1) is 0 Å². The number of nitrogens with zero attached hydrogens (tertiary/aromatic N) is 1. The summed E-state index contributed by atoms with van der Waals surface area (Å²) >= 11 is 0. The first kappa shape index (κ1) is 14.7. The van der Waals surface area contributed by atoms with Crippen molar-refractivity contribution in [1.29, 1.82) is 0 Å². The molecule has 3 N–H and O–H groups in total. The third-order valence-electron chi connectivity index (χ3n) is 3.32. The van der Waals surface area contributed by atoms with Crippen LogP contribution in [-0.2, 0) is 9.84 Å². The second kappa shape index (κ2) is 5.01. The smallest absolute Gasteiger partial charge is 0.193 e. The van der Waals surface area contributed by atoms with Crippen molar-refractivity contribution in [2.45, 2.75) is 17.6 Å². The molecule has 0 spiro atoms. The van der Waals surface area contributed by atoms with Crippen LogP contribution < -0.4 is 11.1 Å². The lowest BCUT2D eigenvalue weighted by Crippen LogP contribution is -2.29. The van der Waals surface area contributed by atoms with Gasteiger partial charge in [0.25, 0.3) is 0 Å². The zero-order valence-corrected chi connectivity index (χ0v) is 11.7. The van der Waals surface area contributed by atoms with Gasteiger partial charge in [0.15, 0.2) is 15.8 Å². The van der Waals surface area contributed by atoms with Crippen molar-refractivity contribution in [2.75, 3.05) is 18.1 Å². The number of nitrogens with two attached hydrogens (primary N) is 1. The summed E-state index contributed by atoms with van der Waals surface area (Å²) in [7, 11) is -3.20. The summed E-state index contributed by atoms with van der Waals surface area (Å²) in [6, 6.07) is 2.89. The monoisotopic (exact) mass is 303 g/mol. The number of guanidine groups is 1. The van der Waals surface area contributed by atoms with Crippen LogP contribution in [0.5, 0.6) is 0 Å². The lowest BCUT2D eigenvalue weighted by atomic mass is 10.3. The topological polar surface area (TPSA) is 84.5 Å². The molecule has 1 aliphatic carbocycles. The third-order valence-corrected chi connectivity index (χ3v) is 5.43. The molecule has 0 heterocycles. The standard InChI is InChI=1S/C12H15F2N3O2S/c1-20(18,19)12(4-5-12)7-16-11(15)17-10-6-8(13)2-3-9(10)14/h2-3,6H,4-5,7H2,1H3,(H3,15,16,17). The number of halogens is 2. The molecule has 0 atom stereocenters. The molecule has 0 radical (unpaired) electrons. The first-order valence-electron chi connectivity index (χ1n) is 5.95. The Balaban J connectivity index is 2.07. The average Bonchev–Trinajstić information content (AvgIpc) is 3.12. The van der Waals surface area contributed by atoms with E-state index in [0.717, 1.165) is 24.5 Å². The highest BCUT2D eigenvalue weighted by molar-refractivity contribution is 7.92. The van der Waals surface area contributed by atoms with Gasteiger partial charge in [0.1, 0.15) is 11.6 Å². The number of anilines is 1. The number of rotatable bonds is 4. The van der Waals surface area contributed by atoms with Gasteiger partial charge in [-0.1, -0.05) is 0 Å². The summed E-state index contributed by atoms with van der Waals surface area (Å²) in [6.07, 6.45) is 2.24. The van der Waals surface area contributed by atoms with Gasteiger partial charge in [-0.3, -0.25) is 4.99 Å². The predicted molar refractivity (Wildman–Crippen MR) is 73.3 cm³/mol. The lowest BCUT2D eigenvalue weighted by Gasteiger charge is -2.11. The van der Waals surface area contributed by atoms with Crippen LogP contribution in [0.1, 0.15) is 12.8 Å². The van der Waals surface area contributed by atoms with Crippen LogP contribution in [0.15, 0.2) is 23.2 Å². The molecule has 0 aliphatic heterocycles. The van der Waals surface area contributed by atoms with Crippen LogP contribution in [0.2, 0.25) is 0 Å². The van der Waals surface area contributed by atoms with Gasteiger partial charge in [-0.05, 0) is 25.0 Å². The molecule has 0 amide bonds. The van der Waals surface area contributed by atoms with Crippen LogP contribution in [-0.4, -0.2) is 31.9 Å². The molecular weight excluding hydrogens is 288 g/mol. The normalized spacial score (nSPS) is 17.9. The maximum Gasteiger partial charge on any atom is 0.193 e. The fourth-order valence-electron chi connectivity index (χ4n) is 1.79. The highest BCUT2D eigenvalue weighted by Crippen LogP contribution is 2.43. The van der Waals surface area contributed by atoms with E-state index in [0.29, 0.717) is 12.8 Å². The molecule has 0 bridgehead atoms. The molecule has 1 saturated carbocycles. The number of benzene rings is 1. The van der Waals surface area contributed by atoms with Crippen molar-refractivity contribution in [3.05, 3.63) is 29.8 Å². The maximum absolute atomic E-state index is 13.4. The zero-order valence-electron chi connectivity index (χ0n) is 10.9. The van der Waals surface area contributed by atoms with Crippen LogP contribution in [0.3, 0.4) is 0 Å². The van der Waals surface area contributed by atoms with Gasteiger partial charge in [0.2, 0.25) is 0 Å². The molecule has 0 unspecified atom stereocenters. The summed E-state index contributed by atoms with van der Waals surface area (Å²) in [6.45, 7) is 0.0155. The minimum atomic E-state index is -3.20. The van der Waals surface area contributed by atoms with Gasteiger partial charge in [0, 0.05) is 12.3 Å².